The lowest BCUT2D eigenvalue weighted by Gasteiger charge is -2.28. The van der Waals surface area contributed by atoms with Crippen LogP contribution in [0.1, 0.15) is 43.0 Å². The van der Waals surface area contributed by atoms with Crippen LogP contribution < -0.4 is 5.32 Å². The minimum atomic E-state index is -0.0476. The Labute approximate surface area is 165 Å². The third kappa shape index (κ3) is 3.91. The molecule has 0 saturated heterocycles. The lowest BCUT2D eigenvalue weighted by molar-refractivity contribution is 0.189. The Morgan fingerprint density at radius 1 is 1.11 bits per heavy atom. The summed E-state index contributed by atoms with van der Waals surface area (Å²) >= 11 is 0. The maximum atomic E-state index is 12.9. The van der Waals surface area contributed by atoms with Crippen LogP contribution >= 0.6 is 0 Å². The predicted molar refractivity (Wildman–Crippen MR) is 108 cm³/mol. The van der Waals surface area contributed by atoms with Crippen molar-refractivity contribution in [3.05, 3.63) is 78.4 Å². The number of hydrogen-bond acceptors (Lipinski definition) is 3. The highest BCUT2D eigenvalue weighted by Crippen LogP contribution is 2.41. The van der Waals surface area contributed by atoms with Crippen molar-refractivity contribution in [1.82, 2.24) is 25.0 Å². The summed E-state index contributed by atoms with van der Waals surface area (Å²) in [4.78, 5) is 18.7. The van der Waals surface area contributed by atoms with E-state index < -0.39 is 0 Å². The Morgan fingerprint density at radius 3 is 2.43 bits per heavy atom. The van der Waals surface area contributed by atoms with Crippen molar-refractivity contribution in [1.29, 1.82) is 0 Å². The summed E-state index contributed by atoms with van der Waals surface area (Å²) < 4.78 is 1.71. The second kappa shape index (κ2) is 7.84. The second-order valence-electron chi connectivity index (χ2n) is 7.39. The zero-order chi connectivity index (χ0) is 19.5. The van der Waals surface area contributed by atoms with Gasteiger partial charge in [0, 0.05) is 7.05 Å². The third-order valence-corrected chi connectivity index (χ3v) is 5.49. The number of carbonyl (C=O) groups is 1. The van der Waals surface area contributed by atoms with Gasteiger partial charge in [0.25, 0.3) is 0 Å². The van der Waals surface area contributed by atoms with Gasteiger partial charge in [0.1, 0.15) is 12.7 Å². The summed E-state index contributed by atoms with van der Waals surface area (Å²) in [6, 6.07) is 18.3. The van der Waals surface area contributed by atoms with E-state index in [2.05, 4.69) is 27.5 Å². The Morgan fingerprint density at radius 2 is 1.82 bits per heavy atom. The molecular formula is C22H25N5O. The van der Waals surface area contributed by atoms with Crippen LogP contribution in [-0.2, 0) is 0 Å². The van der Waals surface area contributed by atoms with Gasteiger partial charge < -0.3 is 10.2 Å². The molecular weight excluding hydrogens is 350 g/mol. The third-order valence-electron chi connectivity index (χ3n) is 5.49. The van der Waals surface area contributed by atoms with E-state index in [4.69, 9.17) is 0 Å². The van der Waals surface area contributed by atoms with Crippen molar-refractivity contribution in [2.24, 2.45) is 5.92 Å². The molecule has 0 aliphatic heterocycles. The molecule has 2 unspecified atom stereocenters. The molecule has 0 radical (unpaired) electrons. The summed E-state index contributed by atoms with van der Waals surface area (Å²) in [6.45, 7) is 2.04. The molecule has 0 spiro atoms. The number of aromatic nitrogens is 3. The van der Waals surface area contributed by atoms with Gasteiger partial charge >= 0.3 is 6.03 Å². The Hall–Kier alpha value is -3.15. The normalized spacial score (nSPS) is 15.6. The first-order chi connectivity index (χ1) is 13.6. The molecule has 1 saturated carbocycles. The monoisotopic (exact) mass is 375 g/mol. The molecule has 1 aliphatic rings. The number of hydrogen-bond donors (Lipinski definition) is 1. The highest BCUT2D eigenvalue weighted by atomic mass is 16.2. The smallest absolute Gasteiger partial charge is 0.318 e. The first kappa shape index (κ1) is 18.2. The molecule has 1 fully saturated rings. The molecule has 0 bridgehead atoms. The number of benzene rings is 2. The number of nitrogens with one attached hydrogen (secondary N) is 1. The molecule has 4 rings (SSSR count). The Bertz CT molecular complexity index is 904. The second-order valence-corrected chi connectivity index (χ2v) is 7.39. The zero-order valence-electron chi connectivity index (χ0n) is 16.2. The number of nitrogens with zero attached hydrogens (tertiary/aromatic N) is 4. The van der Waals surface area contributed by atoms with Gasteiger partial charge in [0.2, 0.25) is 0 Å². The Balaban J connectivity index is 1.44. The van der Waals surface area contributed by atoms with E-state index in [0.717, 1.165) is 11.3 Å². The lowest BCUT2D eigenvalue weighted by Crippen LogP contribution is -2.41. The van der Waals surface area contributed by atoms with Crippen LogP contribution in [0.2, 0.25) is 0 Å². The van der Waals surface area contributed by atoms with E-state index >= 15 is 0 Å². The van der Waals surface area contributed by atoms with E-state index in [1.807, 2.05) is 56.4 Å². The van der Waals surface area contributed by atoms with Gasteiger partial charge in [-0.15, -0.1) is 0 Å². The van der Waals surface area contributed by atoms with Crippen molar-refractivity contribution in [3.8, 4) is 5.69 Å². The van der Waals surface area contributed by atoms with Gasteiger partial charge in [-0.2, -0.15) is 5.10 Å². The number of carbonyl (C=O) groups excluding carboxylic acids is 1. The SMILES string of the molecule is CC(c1ccc(-n2cncn2)cc1)N(C)C(=O)NC(c1ccccc1)C1CC1. The van der Waals surface area contributed by atoms with Gasteiger partial charge in [-0.1, -0.05) is 42.5 Å². The summed E-state index contributed by atoms with van der Waals surface area (Å²) in [7, 11) is 1.85. The first-order valence-corrected chi connectivity index (χ1v) is 9.66. The fraction of sp³-hybridized carbons (Fsp3) is 0.318. The maximum absolute atomic E-state index is 12.9. The molecule has 3 aromatic rings. The summed E-state index contributed by atoms with van der Waals surface area (Å²) in [5.74, 6) is 0.539. The van der Waals surface area contributed by atoms with Crippen molar-refractivity contribution in [2.75, 3.05) is 7.05 Å². The van der Waals surface area contributed by atoms with Crippen molar-refractivity contribution in [3.63, 3.8) is 0 Å². The van der Waals surface area contributed by atoms with Gasteiger partial charge in [-0.25, -0.2) is 14.5 Å². The molecule has 2 amide bonds. The van der Waals surface area contributed by atoms with E-state index in [9.17, 15) is 4.79 Å². The van der Waals surface area contributed by atoms with Gasteiger partial charge in [0.15, 0.2) is 0 Å². The van der Waals surface area contributed by atoms with Crippen LogP contribution in [0.4, 0.5) is 4.79 Å². The quantitative estimate of drug-likeness (QED) is 0.705. The molecule has 1 N–H and O–H groups in total. The van der Waals surface area contributed by atoms with Crippen molar-refractivity contribution in [2.45, 2.75) is 31.8 Å². The predicted octanol–water partition coefficient (Wildman–Crippen LogP) is 4.12. The fourth-order valence-electron chi connectivity index (χ4n) is 3.44. The zero-order valence-corrected chi connectivity index (χ0v) is 16.2. The first-order valence-electron chi connectivity index (χ1n) is 9.66. The van der Waals surface area contributed by atoms with E-state index in [1.165, 1.54) is 24.7 Å². The Kier molecular flexibility index (Phi) is 5.10. The maximum Gasteiger partial charge on any atom is 0.318 e. The summed E-state index contributed by atoms with van der Waals surface area (Å²) in [5, 5.41) is 7.38. The lowest BCUT2D eigenvalue weighted by atomic mass is 10.0. The molecule has 2 aromatic carbocycles. The molecule has 6 nitrogen and oxygen atoms in total. The summed E-state index contributed by atoms with van der Waals surface area (Å²) in [5.41, 5.74) is 3.19. The molecule has 28 heavy (non-hydrogen) atoms. The minimum Gasteiger partial charge on any atom is -0.331 e. The molecule has 6 heteroatoms. The standard InChI is InChI=1S/C22H25N5O/c1-16(17-10-12-20(13-11-17)27-15-23-14-24-27)26(2)22(28)25-21(19-8-9-19)18-6-4-3-5-7-18/h3-7,10-16,19,21H,8-9H2,1-2H3,(H,25,28). The summed E-state index contributed by atoms with van der Waals surface area (Å²) in [6.07, 6.45) is 5.52. The van der Waals surface area contributed by atoms with Crippen LogP contribution in [-0.4, -0.2) is 32.7 Å². The van der Waals surface area contributed by atoms with E-state index in [1.54, 1.807) is 15.9 Å². The molecule has 2 atom stereocenters. The van der Waals surface area contributed by atoms with Gasteiger partial charge in [-0.05, 0) is 48.9 Å². The highest BCUT2D eigenvalue weighted by molar-refractivity contribution is 5.75. The van der Waals surface area contributed by atoms with Crippen molar-refractivity contribution >= 4 is 6.03 Å². The molecule has 1 heterocycles. The number of amides is 2. The molecule has 144 valence electrons. The van der Waals surface area contributed by atoms with Crippen LogP contribution in [0.15, 0.2) is 67.3 Å². The number of rotatable bonds is 6. The van der Waals surface area contributed by atoms with Crippen molar-refractivity contribution < 1.29 is 4.79 Å². The van der Waals surface area contributed by atoms with E-state index in [0.29, 0.717) is 5.92 Å². The largest absolute Gasteiger partial charge is 0.331 e. The fourth-order valence-corrected chi connectivity index (χ4v) is 3.44. The average molecular weight is 375 g/mol. The average Bonchev–Trinajstić information content (AvgIpc) is 3.44. The minimum absolute atomic E-state index is 0.0413. The van der Waals surface area contributed by atoms with Gasteiger partial charge in [0.05, 0.1) is 17.8 Å². The number of urea groups is 1. The molecule has 1 aromatic heterocycles. The van der Waals surface area contributed by atoms with Gasteiger partial charge in [-0.3, -0.25) is 0 Å². The molecule has 1 aliphatic carbocycles. The van der Waals surface area contributed by atoms with E-state index in [-0.39, 0.29) is 18.1 Å². The topological polar surface area (TPSA) is 63.1 Å². The van der Waals surface area contributed by atoms with Crippen LogP contribution in [0.5, 0.6) is 0 Å². The van der Waals surface area contributed by atoms with Crippen LogP contribution in [0.3, 0.4) is 0 Å². The highest BCUT2D eigenvalue weighted by Gasteiger charge is 2.34. The van der Waals surface area contributed by atoms with Crippen LogP contribution in [0.25, 0.3) is 5.69 Å². The van der Waals surface area contributed by atoms with Crippen LogP contribution in [0, 0.1) is 5.92 Å².